The van der Waals surface area contributed by atoms with Gasteiger partial charge in [-0.2, -0.15) is 0 Å². The number of alkyl halides is 1. The molecule has 0 spiro atoms. The Kier molecular flexibility index (Phi) is 6.66. The van der Waals surface area contributed by atoms with E-state index in [1.54, 1.807) is 6.07 Å². The Hall–Kier alpha value is -0.480. The Labute approximate surface area is 115 Å². The quantitative estimate of drug-likeness (QED) is 0.774. The molecule has 1 heterocycles. The fourth-order valence-corrected chi connectivity index (χ4v) is 2.55. The Morgan fingerprint density at radius 3 is 2.88 bits per heavy atom. The van der Waals surface area contributed by atoms with Crippen LogP contribution in [0.2, 0.25) is 5.22 Å². The third-order valence-electron chi connectivity index (χ3n) is 2.63. The van der Waals surface area contributed by atoms with Crippen LogP contribution in [0.25, 0.3) is 0 Å². The standard InChI is InChI=1S/C12H17BrClNO2/c1-2-3-9(4-6-13)8-15-12(16)10-5-7-17-11(10)14/h5,7,9H,2-4,6,8H2,1H3,(H,15,16). The van der Waals surface area contributed by atoms with E-state index in [-0.39, 0.29) is 11.1 Å². The summed E-state index contributed by atoms with van der Waals surface area (Å²) in [6.07, 6.45) is 4.72. The van der Waals surface area contributed by atoms with Crippen LogP contribution in [-0.4, -0.2) is 17.8 Å². The van der Waals surface area contributed by atoms with Crippen molar-refractivity contribution in [1.82, 2.24) is 5.32 Å². The summed E-state index contributed by atoms with van der Waals surface area (Å²) >= 11 is 9.17. The van der Waals surface area contributed by atoms with Crippen LogP contribution < -0.4 is 5.32 Å². The molecule has 0 aromatic carbocycles. The topological polar surface area (TPSA) is 42.2 Å². The first-order chi connectivity index (χ1) is 8.19. The number of halogens is 2. The van der Waals surface area contributed by atoms with Crippen molar-refractivity contribution in [2.75, 3.05) is 11.9 Å². The molecule has 0 bridgehead atoms. The molecule has 1 rings (SSSR count). The molecule has 0 radical (unpaired) electrons. The maximum Gasteiger partial charge on any atom is 0.256 e. The monoisotopic (exact) mass is 321 g/mol. The van der Waals surface area contributed by atoms with E-state index in [0.717, 1.165) is 24.6 Å². The maximum atomic E-state index is 11.8. The molecular weight excluding hydrogens is 305 g/mol. The second-order valence-corrected chi connectivity index (χ2v) is 5.09. The van der Waals surface area contributed by atoms with Crippen molar-refractivity contribution in [3.63, 3.8) is 0 Å². The van der Waals surface area contributed by atoms with Gasteiger partial charge < -0.3 is 9.73 Å². The largest absolute Gasteiger partial charge is 0.452 e. The number of nitrogens with one attached hydrogen (secondary N) is 1. The summed E-state index contributed by atoms with van der Waals surface area (Å²) in [5, 5.41) is 4.00. The highest BCUT2D eigenvalue weighted by atomic mass is 79.9. The van der Waals surface area contributed by atoms with Crippen LogP contribution in [0, 0.1) is 5.92 Å². The van der Waals surface area contributed by atoms with E-state index in [2.05, 4.69) is 28.2 Å². The lowest BCUT2D eigenvalue weighted by molar-refractivity contribution is 0.0945. The summed E-state index contributed by atoms with van der Waals surface area (Å²) in [5.41, 5.74) is 0.403. The molecule has 0 saturated heterocycles. The minimum atomic E-state index is -0.167. The smallest absolute Gasteiger partial charge is 0.256 e. The highest BCUT2D eigenvalue weighted by Gasteiger charge is 2.14. The first-order valence-electron chi connectivity index (χ1n) is 5.76. The zero-order valence-corrected chi connectivity index (χ0v) is 12.2. The molecule has 3 nitrogen and oxygen atoms in total. The van der Waals surface area contributed by atoms with Crippen molar-refractivity contribution >= 4 is 33.4 Å². The summed E-state index contributed by atoms with van der Waals surface area (Å²) < 4.78 is 4.88. The van der Waals surface area contributed by atoms with E-state index in [0.29, 0.717) is 18.0 Å². The molecule has 0 saturated carbocycles. The summed E-state index contributed by atoms with van der Waals surface area (Å²) in [7, 11) is 0. The predicted octanol–water partition coefficient (Wildman–Crippen LogP) is 3.86. The second-order valence-electron chi connectivity index (χ2n) is 3.95. The lowest BCUT2D eigenvalue weighted by atomic mass is 10.0. The number of hydrogen-bond donors (Lipinski definition) is 1. The molecule has 1 aromatic heterocycles. The van der Waals surface area contributed by atoms with E-state index < -0.39 is 0 Å². The zero-order valence-electron chi connectivity index (χ0n) is 9.84. The van der Waals surface area contributed by atoms with Gasteiger partial charge in [0.1, 0.15) is 0 Å². The van der Waals surface area contributed by atoms with Gasteiger partial charge in [-0.3, -0.25) is 4.79 Å². The summed E-state index contributed by atoms with van der Waals surface area (Å²) in [4.78, 5) is 11.8. The van der Waals surface area contributed by atoms with Gasteiger partial charge in [0.05, 0.1) is 11.8 Å². The molecule has 1 unspecified atom stereocenters. The number of furan rings is 1. The molecule has 0 aliphatic heterocycles. The molecule has 0 aliphatic rings. The van der Waals surface area contributed by atoms with Crippen molar-refractivity contribution in [3.05, 3.63) is 23.1 Å². The Balaban J connectivity index is 2.43. The average Bonchev–Trinajstić information content (AvgIpc) is 2.72. The van der Waals surface area contributed by atoms with Crippen molar-refractivity contribution in [3.8, 4) is 0 Å². The first-order valence-corrected chi connectivity index (χ1v) is 7.26. The number of carbonyl (C=O) groups is 1. The lowest BCUT2D eigenvalue weighted by Gasteiger charge is -2.15. The maximum absolute atomic E-state index is 11.8. The number of rotatable bonds is 7. The van der Waals surface area contributed by atoms with Gasteiger partial charge in [-0.25, -0.2) is 0 Å². The zero-order chi connectivity index (χ0) is 12.7. The summed E-state index contributed by atoms with van der Waals surface area (Å²) in [6, 6.07) is 1.58. The van der Waals surface area contributed by atoms with Gasteiger partial charge >= 0.3 is 0 Å². The van der Waals surface area contributed by atoms with Crippen LogP contribution in [-0.2, 0) is 0 Å². The molecule has 1 amide bonds. The van der Waals surface area contributed by atoms with Gasteiger partial charge in [-0.15, -0.1) is 0 Å². The van der Waals surface area contributed by atoms with Gasteiger partial charge in [-0.1, -0.05) is 29.3 Å². The SMILES string of the molecule is CCCC(CCBr)CNC(=O)c1ccoc1Cl. The Bertz CT molecular complexity index is 348. The average molecular weight is 323 g/mol. The van der Waals surface area contributed by atoms with Crippen LogP contribution in [0.1, 0.15) is 36.5 Å². The fraction of sp³-hybridized carbons (Fsp3) is 0.583. The minimum absolute atomic E-state index is 0.148. The lowest BCUT2D eigenvalue weighted by Crippen LogP contribution is -2.29. The van der Waals surface area contributed by atoms with Crippen LogP contribution in [0.4, 0.5) is 0 Å². The van der Waals surface area contributed by atoms with E-state index in [9.17, 15) is 4.79 Å². The van der Waals surface area contributed by atoms with Crippen LogP contribution in [0.5, 0.6) is 0 Å². The van der Waals surface area contributed by atoms with Crippen molar-refractivity contribution in [1.29, 1.82) is 0 Å². The Morgan fingerprint density at radius 2 is 2.35 bits per heavy atom. The van der Waals surface area contributed by atoms with E-state index in [4.69, 9.17) is 16.0 Å². The van der Waals surface area contributed by atoms with Crippen molar-refractivity contribution in [2.45, 2.75) is 26.2 Å². The summed E-state index contributed by atoms with van der Waals surface area (Å²) in [6.45, 7) is 2.83. The molecule has 0 fully saturated rings. The van der Waals surface area contributed by atoms with Crippen LogP contribution >= 0.6 is 27.5 Å². The first kappa shape index (κ1) is 14.6. The third kappa shape index (κ3) is 4.72. The number of carbonyl (C=O) groups excluding carboxylic acids is 1. The van der Waals surface area contributed by atoms with E-state index >= 15 is 0 Å². The van der Waals surface area contributed by atoms with Gasteiger partial charge in [0, 0.05) is 11.9 Å². The third-order valence-corrected chi connectivity index (χ3v) is 3.38. The second kappa shape index (κ2) is 7.77. The molecule has 5 heteroatoms. The molecule has 17 heavy (non-hydrogen) atoms. The van der Waals surface area contributed by atoms with Gasteiger partial charge in [0.2, 0.25) is 5.22 Å². The Morgan fingerprint density at radius 1 is 1.59 bits per heavy atom. The van der Waals surface area contributed by atoms with Crippen molar-refractivity contribution in [2.24, 2.45) is 5.92 Å². The van der Waals surface area contributed by atoms with E-state index in [1.165, 1.54) is 6.26 Å². The highest BCUT2D eigenvalue weighted by Crippen LogP contribution is 2.17. The number of amides is 1. The fourth-order valence-electron chi connectivity index (χ4n) is 1.70. The minimum Gasteiger partial charge on any atom is -0.452 e. The molecular formula is C12H17BrClNO2. The van der Waals surface area contributed by atoms with Gasteiger partial charge in [-0.05, 0) is 36.4 Å². The van der Waals surface area contributed by atoms with Gasteiger partial charge in [0.25, 0.3) is 5.91 Å². The predicted molar refractivity (Wildman–Crippen MR) is 72.9 cm³/mol. The molecule has 96 valence electrons. The molecule has 1 atom stereocenters. The van der Waals surface area contributed by atoms with Gasteiger partial charge in [0.15, 0.2) is 0 Å². The normalized spacial score (nSPS) is 12.4. The molecule has 1 aromatic rings. The highest BCUT2D eigenvalue weighted by molar-refractivity contribution is 9.09. The van der Waals surface area contributed by atoms with Crippen LogP contribution in [0.15, 0.2) is 16.7 Å². The molecule has 1 N–H and O–H groups in total. The number of hydrogen-bond acceptors (Lipinski definition) is 2. The van der Waals surface area contributed by atoms with Crippen LogP contribution in [0.3, 0.4) is 0 Å². The molecule has 0 aliphatic carbocycles. The van der Waals surface area contributed by atoms with Crippen molar-refractivity contribution < 1.29 is 9.21 Å². The summed E-state index contributed by atoms with van der Waals surface area (Å²) in [5.74, 6) is 0.341. The van der Waals surface area contributed by atoms with E-state index in [1.807, 2.05) is 0 Å².